The van der Waals surface area contributed by atoms with Crippen molar-refractivity contribution < 1.29 is 22.7 Å². The molecular formula is C20H22F3NO2. The molecule has 3 nitrogen and oxygen atoms in total. The van der Waals surface area contributed by atoms with Crippen LogP contribution in [0, 0.1) is 0 Å². The first-order valence-corrected chi connectivity index (χ1v) is 8.35. The molecule has 0 bridgehead atoms. The minimum Gasteiger partial charge on any atom is -0.381 e. The van der Waals surface area contributed by atoms with E-state index in [2.05, 4.69) is 5.32 Å². The Morgan fingerprint density at radius 2 is 1.81 bits per heavy atom. The lowest BCUT2D eigenvalue weighted by Crippen LogP contribution is -2.25. The highest BCUT2D eigenvalue weighted by Gasteiger charge is 2.30. The maximum atomic E-state index is 12.7. The average Bonchev–Trinajstić information content (AvgIpc) is 2.61. The highest BCUT2D eigenvalue weighted by Crippen LogP contribution is 2.29. The van der Waals surface area contributed by atoms with Gasteiger partial charge in [0.1, 0.15) is 0 Å². The maximum Gasteiger partial charge on any atom is 0.416 e. The lowest BCUT2D eigenvalue weighted by Gasteiger charge is -2.11. The van der Waals surface area contributed by atoms with E-state index in [1.54, 1.807) is 25.3 Å². The number of amides is 1. The topological polar surface area (TPSA) is 38.3 Å². The lowest BCUT2D eigenvalue weighted by atomic mass is 10.1. The molecule has 0 saturated heterocycles. The highest BCUT2D eigenvalue weighted by molar-refractivity contribution is 5.94. The molecular weight excluding hydrogens is 343 g/mol. The molecule has 2 aromatic rings. The van der Waals surface area contributed by atoms with Crippen molar-refractivity contribution in [3.05, 3.63) is 70.8 Å². The monoisotopic (exact) mass is 365 g/mol. The van der Waals surface area contributed by atoms with Gasteiger partial charge in [-0.25, -0.2) is 0 Å². The largest absolute Gasteiger partial charge is 0.416 e. The fourth-order valence-electron chi connectivity index (χ4n) is 2.53. The van der Waals surface area contributed by atoms with Crippen molar-refractivity contribution in [1.29, 1.82) is 0 Å². The van der Waals surface area contributed by atoms with Crippen LogP contribution in [0.5, 0.6) is 0 Å². The standard InChI is InChI=1S/C20H22F3NO2/c1-14(26-2)12-16-6-8-17(9-7-16)19(25)24-11-10-15-4-3-5-18(13-15)20(21,22)23/h3-9,13-14H,10-12H2,1-2H3,(H,24,25). The van der Waals surface area contributed by atoms with Crippen LogP contribution in [0.3, 0.4) is 0 Å². The van der Waals surface area contributed by atoms with Crippen LogP contribution in [0.1, 0.15) is 34.0 Å². The van der Waals surface area contributed by atoms with Gasteiger partial charge in [-0.15, -0.1) is 0 Å². The van der Waals surface area contributed by atoms with E-state index in [0.717, 1.165) is 24.1 Å². The van der Waals surface area contributed by atoms with E-state index in [4.69, 9.17) is 4.74 Å². The molecule has 0 fully saturated rings. The number of carbonyl (C=O) groups is 1. The molecule has 1 atom stereocenters. The average molecular weight is 365 g/mol. The van der Waals surface area contributed by atoms with Crippen LogP contribution in [-0.4, -0.2) is 25.7 Å². The molecule has 0 saturated carbocycles. The van der Waals surface area contributed by atoms with Crippen molar-refractivity contribution in [2.45, 2.75) is 32.0 Å². The van der Waals surface area contributed by atoms with Gasteiger partial charge in [0.05, 0.1) is 11.7 Å². The number of rotatable bonds is 7. The van der Waals surface area contributed by atoms with E-state index < -0.39 is 11.7 Å². The van der Waals surface area contributed by atoms with Crippen molar-refractivity contribution in [3.63, 3.8) is 0 Å². The number of hydrogen-bond acceptors (Lipinski definition) is 2. The summed E-state index contributed by atoms with van der Waals surface area (Å²) in [6.07, 6.45) is -3.17. The SMILES string of the molecule is COC(C)Cc1ccc(C(=O)NCCc2cccc(C(F)(F)F)c2)cc1. The number of carbonyl (C=O) groups excluding carboxylic acids is 1. The van der Waals surface area contributed by atoms with E-state index in [1.807, 2.05) is 19.1 Å². The number of alkyl halides is 3. The molecule has 0 aliphatic rings. The molecule has 0 aliphatic carbocycles. The number of halogens is 3. The first-order chi connectivity index (χ1) is 12.3. The van der Waals surface area contributed by atoms with Crippen molar-refractivity contribution in [1.82, 2.24) is 5.32 Å². The number of nitrogens with one attached hydrogen (secondary N) is 1. The van der Waals surface area contributed by atoms with Crippen LogP contribution in [0.2, 0.25) is 0 Å². The summed E-state index contributed by atoms with van der Waals surface area (Å²) in [5.74, 6) is -0.247. The van der Waals surface area contributed by atoms with Crippen LogP contribution in [0.15, 0.2) is 48.5 Å². The number of ether oxygens (including phenoxy) is 1. The Bertz CT molecular complexity index is 727. The van der Waals surface area contributed by atoms with Gasteiger partial charge in [-0.2, -0.15) is 13.2 Å². The molecule has 0 spiro atoms. The van der Waals surface area contributed by atoms with Crippen LogP contribution in [0.4, 0.5) is 13.2 Å². The minimum atomic E-state index is -4.36. The first kappa shape index (κ1) is 20.0. The quantitative estimate of drug-likeness (QED) is 0.796. The van der Waals surface area contributed by atoms with E-state index in [-0.39, 0.29) is 18.6 Å². The van der Waals surface area contributed by atoms with Crippen molar-refractivity contribution >= 4 is 5.91 Å². The van der Waals surface area contributed by atoms with E-state index in [9.17, 15) is 18.0 Å². The summed E-state index contributed by atoms with van der Waals surface area (Å²) in [6, 6.07) is 12.3. The molecule has 140 valence electrons. The third-order valence-corrected chi connectivity index (χ3v) is 4.10. The predicted octanol–water partition coefficient (Wildman–Crippen LogP) is 4.26. The van der Waals surface area contributed by atoms with Gasteiger partial charge in [0.2, 0.25) is 0 Å². The molecule has 1 N–H and O–H groups in total. The smallest absolute Gasteiger partial charge is 0.381 e. The second kappa shape index (κ2) is 8.85. The van der Waals surface area contributed by atoms with Crippen LogP contribution >= 0.6 is 0 Å². The Labute approximate surface area is 151 Å². The molecule has 0 radical (unpaired) electrons. The van der Waals surface area contributed by atoms with Crippen LogP contribution < -0.4 is 5.32 Å². The molecule has 26 heavy (non-hydrogen) atoms. The van der Waals surface area contributed by atoms with Crippen LogP contribution in [0.25, 0.3) is 0 Å². The maximum absolute atomic E-state index is 12.7. The van der Waals surface area contributed by atoms with Gasteiger partial charge in [-0.3, -0.25) is 4.79 Å². The first-order valence-electron chi connectivity index (χ1n) is 8.35. The fourth-order valence-corrected chi connectivity index (χ4v) is 2.53. The minimum absolute atomic E-state index is 0.0992. The summed E-state index contributed by atoms with van der Waals surface area (Å²) in [5, 5.41) is 2.73. The summed E-state index contributed by atoms with van der Waals surface area (Å²) in [7, 11) is 1.65. The Balaban J connectivity index is 1.87. The normalized spacial score (nSPS) is 12.7. The Morgan fingerprint density at radius 3 is 2.42 bits per heavy atom. The van der Waals surface area contributed by atoms with E-state index in [0.29, 0.717) is 17.5 Å². The van der Waals surface area contributed by atoms with Crippen LogP contribution in [-0.2, 0) is 23.8 Å². The van der Waals surface area contributed by atoms with Crippen molar-refractivity contribution in [3.8, 4) is 0 Å². The van der Waals surface area contributed by atoms with Gasteiger partial charge in [0.15, 0.2) is 0 Å². The summed E-state index contributed by atoms with van der Waals surface area (Å²) < 4.78 is 43.3. The summed E-state index contributed by atoms with van der Waals surface area (Å²) in [6.45, 7) is 2.23. The summed E-state index contributed by atoms with van der Waals surface area (Å²) in [4.78, 5) is 12.1. The molecule has 1 amide bonds. The Hall–Kier alpha value is -2.34. The molecule has 1 unspecified atom stereocenters. The number of benzene rings is 2. The van der Waals surface area contributed by atoms with Crippen molar-refractivity contribution in [2.24, 2.45) is 0 Å². The molecule has 2 aromatic carbocycles. The highest BCUT2D eigenvalue weighted by atomic mass is 19.4. The molecule has 6 heteroatoms. The van der Waals surface area contributed by atoms with Gasteiger partial charge in [-0.1, -0.05) is 30.3 Å². The van der Waals surface area contributed by atoms with Gasteiger partial charge < -0.3 is 10.1 Å². The molecule has 0 heterocycles. The van der Waals surface area contributed by atoms with Gasteiger partial charge >= 0.3 is 6.18 Å². The van der Waals surface area contributed by atoms with Gasteiger partial charge in [-0.05, 0) is 49.1 Å². The second-order valence-corrected chi connectivity index (χ2v) is 6.15. The second-order valence-electron chi connectivity index (χ2n) is 6.15. The Kier molecular flexibility index (Phi) is 6.80. The summed E-state index contributed by atoms with van der Waals surface area (Å²) >= 11 is 0. The van der Waals surface area contributed by atoms with E-state index in [1.165, 1.54) is 6.07 Å². The molecule has 0 aromatic heterocycles. The van der Waals surface area contributed by atoms with E-state index >= 15 is 0 Å². The lowest BCUT2D eigenvalue weighted by molar-refractivity contribution is -0.137. The van der Waals surface area contributed by atoms with Crippen molar-refractivity contribution in [2.75, 3.05) is 13.7 Å². The molecule has 0 aliphatic heterocycles. The predicted molar refractivity (Wildman–Crippen MR) is 94.1 cm³/mol. The third-order valence-electron chi connectivity index (χ3n) is 4.10. The van der Waals surface area contributed by atoms with Gasteiger partial charge in [0.25, 0.3) is 5.91 Å². The zero-order chi connectivity index (χ0) is 19.2. The fraction of sp³-hybridized carbons (Fsp3) is 0.350. The number of hydrogen-bond donors (Lipinski definition) is 1. The zero-order valence-corrected chi connectivity index (χ0v) is 14.8. The Morgan fingerprint density at radius 1 is 1.12 bits per heavy atom. The summed E-state index contributed by atoms with van der Waals surface area (Å²) in [5.41, 5.74) is 1.44. The van der Waals surface area contributed by atoms with Gasteiger partial charge in [0, 0.05) is 19.2 Å². The number of methoxy groups -OCH3 is 1. The third kappa shape index (κ3) is 5.88. The molecule has 2 rings (SSSR count). The zero-order valence-electron chi connectivity index (χ0n) is 14.8.